The molecule has 1 aliphatic rings. The quantitative estimate of drug-likeness (QED) is 0.0220. The Labute approximate surface area is 665 Å². The Hall–Kier alpha value is -12.0. The number of fused-ring (bicyclic) bond motifs is 1. The standard InChI is InChI=1S/C72H109N17O27/c1-8-10-11-12-13-14-15-23-48(91)79-44(29-38-32-76-40-21-17-16-20-39(38)40)65(106)82-43(25-27-52(96)97)64(105)87-56(58(100)60(75)101)69(110)86-55-37(5)116-72(114)54(35(3)9-2)85-63(104)42(24-26-51(94)95)83-66(107)45(30-47(74)90)80-49(92)33-77-68(109)57(59(115-7)71(112)113)88-62(103)41(22-18-19-28-73)81-67(108)46(31-53(98)99)84-61(102)36(4)78-50(93)34-89(6)70(55)111/h16-17,20-21,32,35-37,41-46,54-59,76,100H,8-15,18-19,22-31,33-34,73H2,1-7H3,(H2,74,90)(H2,75,101)(H,77,109)(H,78,93)(H,79,91)(H,80,92)(H,81,108)(H,82,106)(H,83,107)(H,84,102)(H,85,104)(H,86,110)(H,87,105)(H,88,103)(H,94,95)(H,96,97)(H,98,99)(H,112,113)/t35-,36-,37-,41+,42-,43+,44-,45+,46-,54-,55-,56-,57-,58-,59-/m0/s1. The van der Waals surface area contributed by atoms with Crippen molar-refractivity contribution < 1.29 is 131 Å². The van der Waals surface area contributed by atoms with Crippen LogP contribution < -0.4 is 81.0 Å². The van der Waals surface area contributed by atoms with Crippen LogP contribution in [0, 0.1) is 5.92 Å². The number of carboxylic acids is 4. The number of nitrogens with one attached hydrogen (secondary N) is 13. The number of H-pyrrole nitrogens is 1. The van der Waals surface area contributed by atoms with Gasteiger partial charge in [-0.25, -0.2) is 9.59 Å². The summed E-state index contributed by atoms with van der Waals surface area (Å²) in [6.07, 6.45) is -5.79. The SMILES string of the molecule is CCCCCCCCCC(=O)N[C@@H](Cc1c[nH]c2ccccc12)C(=O)N[C@H](CCC(=O)O)C(=O)N[C@H](C(=O)N[C@@H]1C(=O)N(C)CC(=O)N[C@@H](C)C(=O)N[C@@H](CC(=O)O)C(=O)N[C@H](CCCCN)C(=O)N[C@@H]([C@H](OC)C(=O)O)C(=O)NCC(=O)N[C@H](CC(N)=O)C(=O)N[C@@H](CCC(=O)O)C(=O)N[C@@H]([C@@H](C)CC)C(=O)O[C@H]1C)[C@H](O)C(N)=O. The molecule has 2 heterocycles. The Balaban J connectivity index is 2.28. The molecule has 15 amide bonds. The maximum absolute atomic E-state index is 15.0. The van der Waals surface area contributed by atoms with Gasteiger partial charge in [0.1, 0.15) is 72.6 Å². The zero-order chi connectivity index (χ0) is 87.2. The summed E-state index contributed by atoms with van der Waals surface area (Å²) in [6.45, 7) is 4.52. The van der Waals surface area contributed by atoms with Gasteiger partial charge in [-0.2, -0.15) is 0 Å². The molecule has 0 spiro atoms. The van der Waals surface area contributed by atoms with E-state index >= 15 is 0 Å². The predicted octanol–water partition coefficient (Wildman–Crippen LogP) is -6.08. The largest absolute Gasteiger partial charge is 0.481 e. The molecule has 2 aromatic rings. The normalized spacial score (nSPS) is 21.8. The Bertz CT molecular complexity index is 3840. The number of carboxylic acid groups (broad SMARTS) is 4. The number of hydrogen-bond donors (Lipinski definition) is 21. The first kappa shape index (κ1) is 98.2. The van der Waals surface area contributed by atoms with E-state index < -0.39 is 261 Å². The van der Waals surface area contributed by atoms with E-state index in [0.29, 0.717) is 34.2 Å². The summed E-state index contributed by atoms with van der Waals surface area (Å²) in [5.41, 5.74) is 17.8. The number of nitrogens with two attached hydrogens (primary N) is 3. The molecule has 644 valence electrons. The molecule has 1 aromatic carbocycles. The van der Waals surface area contributed by atoms with Crippen molar-refractivity contribution in [3.63, 3.8) is 0 Å². The van der Waals surface area contributed by atoms with Gasteiger partial charge in [-0.15, -0.1) is 0 Å². The first-order valence-corrected chi connectivity index (χ1v) is 37.6. The molecule has 0 aliphatic carbocycles. The third kappa shape index (κ3) is 33.2. The lowest BCUT2D eigenvalue weighted by Crippen LogP contribution is -2.64. The van der Waals surface area contributed by atoms with Gasteiger partial charge in [0, 0.05) is 56.9 Å². The number of aromatic nitrogens is 1. The van der Waals surface area contributed by atoms with Gasteiger partial charge in [-0.3, -0.25) is 86.3 Å². The van der Waals surface area contributed by atoms with E-state index in [1.165, 1.54) is 13.8 Å². The van der Waals surface area contributed by atoms with Gasteiger partial charge in [0.2, 0.25) is 88.6 Å². The van der Waals surface area contributed by atoms with Crippen LogP contribution in [-0.2, 0) is 112 Å². The van der Waals surface area contributed by atoms with Gasteiger partial charge in [0.05, 0.1) is 25.9 Å². The summed E-state index contributed by atoms with van der Waals surface area (Å²) in [6, 6.07) is -15.7. The number of primary amides is 2. The second-order valence-electron chi connectivity index (χ2n) is 27.9. The number of nitrogens with zero attached hydrogens (tertiary/aromatic N) is 1. The van der Waals surface area contributed by atoms with E-state index in [-0.39, 0.29) is 45.1 Å². The van der Waals surface area contributed by atoms with Crippen molar-refractivity contribution in [1.82, 2.24) is 73.7 Å². The number of methoxy groups -OCH3 is 1. The number of hydrogen-bond acceptors (Lipinski definition) is 24. The van der Waals surface area contributed by atoms with Crippen LogP contribution in [0.25, 0.3) is 10.9 Å². The number of para-hydroxylation sites is 1. The summed E-state index contributed by atoms with van der Waals surface area (Å²) in [5, 5.41) is 78.0. The highest BCUT2D eigenvalue weighted by Crippen LogP contribution is 2.21. The molecule has 0 radical (unpaired) electrons. The first-order chi connectivity index (χ1) is 54.7. The predicted molar refractivity (Wildman–Crippen MR) is 404 cm³/mol. The molecule has 1 fully saturated rings. The molecule has 3 rings (SSSR count). The van der Waals surface area contributed by atoms with Gasteiger partial charge in [0.25, 0.3) is 0 Å². The van der Waals surface area contributed by atoms with Crippen LogP contribution in [0.1, 0.15) is 156 Å². The topological polar surface area (TPSA) is 702 Å². The van der Waals surface area contributed by atoms with Gasteiger partial charge >= 0.3 is 29.8 Å². The molecule has 1 saturated heterocycles. The van der Waals surface area contributed by atoms with Crippen molar-refractivity contribution >= 4 is 129 Å². The number of amides is 15. The second kappa shape index (κ2) is 49.6. The number of aromatic amines is 1. The highest BCUT2D eigenvalue weighted by atomic mass is 16.5. The summed E-state index contributed by atoms with van der Waals surface area (Å²) in [7, 11) is 1.70. The molecule has 0 unspecified atom stereocenters. The number of rotatable bonds is 38. The van der Waals surface area contributed by atoms with Crippen LogP contribution in [0.5, 0.6) is 0 Å². The molecule has 44 heteroatoms. The number of cyclic esters (lactones) is 1. The monoisotopic (exact) mass is 1640 g/mol. The van der Waals surface area contributed by atoms with Crippen molar-refractivity contribution in [2.75, 3.05) is 33.8 Å². The number of esters is 1. The molecule has 0 bridgehead atoms. The van der Waals surface area contributed by atoms with Gasteiger partial charge in [-0.1, -0.05) is 83.9 Å². The highest BCUT2D eigenvalue weighted by Gasteiger charge is 2.44. The lowest BCUT2D eigenvalue weighted by molar-refractivity contribution is -0.159. The van der Waals surface area contributed by atoms with E-state index in [2.05, 4.69) is 65.1 Å². The molecular formula is C72H109N17O27. The van der Waals surface area contributed by atoms with Crippen LogP contribution in [0.4, 0.5) is 0 Å². The minimum Gasteiger partial charge on any atom is -0.481 e. The summed E-state index contributed by atoms with van der Waals surface area (Å²) in [5.74, 6) is -29.5. The van der Waals surface area contributed by atoms with Gasteiger partial charge in [0.15, 0.2) is 12.2 Å². The van der Waals surface area contributed by atoms with E-state index in [4.69, 9.17) is 26.7 Å². The minimum absolute atomic E-state index is 0.00568. The van der Waals surface area contributed by atoms with Crippen LogP contribution >= 0.6 is 0 Å². The fraction of sp³-hybridized carbons (Fsp3) is 0.611. The number of carbonyl (C=O) groups excluding carboxylic acids is 16. The zero-order valence-electron chi connectivity index (χ0n) is 65.5. The fourth-order valence-electron chi connectivity index (χ4n) is 11.9. The van der Waals surface area contributed by atoms with Crippen LogP contribution in [-0.4, -0.2) is 272 Å². The van der Waals surface area contributed by atoms with Crippen LogP contribution in [0.3, 0.4) is 0 Å². The van der Waals surface area contributed by atoms with Crippen molar-refractivity contribution in [2.45, 2.75) is 241 Å². The zero-order valence-corrected chi connectivity index (χ0v) is 65.5. The number of aliphatic hydroxyl groups excluding tert-OH is 1. The third-order valence-electron chi connectivity index (χ3n) is 18.6. The average molecular weight is 1640 g/mol. The molecule has 15 atom stereocenters. The van der Waals surface area contributed by atoms with E-state index in [1.807, 2.05) is 10.6 Å². The van der Waals surface area contributed by atoms with Crippen molar-refractivity contribution in [1.29, 1.82) is 0 Å². The van der Waals surface area contributed by atoms with E-state index in [1.54, 1.807) is 30.5 Å². The molecule has 1 aliphatic heterocycles. The summed E-state index contributed by atoms with van der Waals surface area (Å²) < 4.78 is 10.7. The van der Waals surface area contributed by atoms with Crippen LogP contribution in [0.15, 0.2) is 30.5 Å². The summed E-state index contributed by atoms with van der Waals surface area (Å²) in [4.78, 5) is 277. The molecule has 0 saturated carbocycles. The van der Waals surface area contributed by atoms with E-state index in [0.717, 1.165) is 60.1 Å². The third-order valence-corrected chi connectivity index (χ3v) is 18.6. The lowest BCUT2D eigenvalue weighted by Gasteiger charge is -2.32. The Kier molecular flexibility index (Phi) is 42.0. The molecule has 24 N–H and O–H groups in total. The number of aliphatic carboxylic acids is 4. The maximum Gasteiger partial charge on any atom is 0.335 e. The fourth-order valence-corrected chi connectivity index (χ4v) is 11.9. The Morgan fingerprint density at radius 2 is 1.20 bits per heavy atom. The minimum atomic E-state index is -2.80. The highest BCUT2D eigenvalue weighted by molar-refractivity contribution is 6.02. The number of benzene rings is 1. The molecule has 44 nitrogen and oxygen atoms in total. The molecule has 116 heavy (non-hydrogen) atoms. The average Bonchev–Trinajstić information content (AvgIpc) is 1.50. The van der Waals surface area contributed by atoms with Crippen molar-refractivity contribution in [3.8, 4) is 0 Å². The lowest BCUT2D eigenvalue weighted by atomic mass is 9.98. The van der Waals surface area contributed by atoms with Gasteiger partial charge in [-0.05, 0) is 76.5 Å². The van der Waals surface area contributed by atoms with Crippen molar-refractivity contribution in [3.05, 3.63) is 36.0 Å². The Morgan fingerprint density at radius 3 is 1.78 bits per heavy atom. The summed E-state index contributed by atoms with van der Waals surface area (Å²) >= 11 is 0. The Morgan fingerprint density at radius 1 is 0.621 bits per heavy atom. The van der Waals surface area contributed by atoms with Crippen LogP contribution in [0.2, 0.25) is 0 Å². The molecular weight excluding hydrogens is 1530 g/mol. The number of ether oxygens (including phenoxy) is 2. The first-order valence-electron chi connectivity index (χ1n) is 37.6. The number of carbonyl (C=O) groups is 20. The maximum atomic E-state index is 15.0. The molecule has 1 aromatic heterocycles. The van der Waals surface area contributed by atoms with Crippen molar-refractivity contribution in [2.24, 2.45) is 23.1 Å². The number of unbranched alkanes of at least 4 members (excludes halogenated alkanes) is 7. The van der Waals surface area contributed by atoms with E-state index in [9.17, 15) is 121 Å². The smallest absolute Gasteiger partial charge is 0.335 e. The number of likely N-dealkylation sites (N-methyl/N-ethyl adjacent to an activating group) is 1. The number of aliphatic hydroxyl groups is 1. The van der Waals surface area contributed by atoms with Gasteiger partial charge < -0.3 is 126 Å². The second-order valence-corrected chi connectivity index (χ2v) is 27.9.